The lowest BCUT2D eigenvalue weighted by Crippen LogP contribution is -2.00. The average Bonchev–Trinajstić information content (AvgIpc) is 1.97. The minimum absolute atomic E-state index is 0.532. The molecule has 0 radical (unpaired) electrons. The van der Waals surface area contributed by atoms with Crippen LogP contribution in [0, 0.1) is 16.6 Å². The summed E-state index contributed by atoms with van der Waals surface area (Å²) in [5.41, 5.74) is 1.25. The summed E-state index contributed by atoms with van der Waals surface area (Å²) in [5.74, 6) is 0.532. The summed E-state index contributed by atoms with van der Waals surface area (Å²) < 4.78 is 0. The molecule has 0 spiro atoms. The monoisotopic (exact) mass is 165 g/mol. The molecule has 0 aliphatic heterocycles. The number of allylic oxidation sites excluding steroid dienone is 4. The Morgan fingerprint density at radius 1 is 1.73 bits per heavy atom. The molecule has 0 N–H and O–H groups in total. The van der Waals surface area contributed by atoms with E-state index in [1.807, 2.05) is 0 Å². The molecular weight excluding hydrogens is 154 g/mol. The van der Waals surface area contributed by atoms with Crippen molar-refractivity contribution in [1.82, 2.24) is 0 Å². The molecule has 58 valence electrons. The molecule has 0 aromatic carbocycles. The molecule has 1 atom stereocenters. The van der Waals surface area contributed by atoms with E-state index in [0.29, 0.717) is 5.92 Å². The standard InChI is InChI=1S/C9H11NS/c1-7-4-3-5-8(2)9(7)11-6-10/h3-4,8H,5H2,1-2H3. The van der Waals surface area contributed by atoms with Gasteiger partial charge in [0.25, 0.3) is 0 Å². The van der Waals surface area contributed by atoms with Gasteiger partial charge in [-0.1, -0.05) is 19.1 Å². The molecule has 0 heterocycles. The van der Waals surface area contributed by atoms with E-state index in [-0.39, 0.29) is 0 Å². The highest BCUT2D eigenvalue weighted by atomic mass is 32.2. The van der Waals surface area contributed by atoms with E-state index in [1.165, 1.54) is 22.2 Å². The van der Waals surface area contributed by atoms with E-state index in [1.54, 1.807) is 0 Å². The van der Waals surface area contributed by atoms with Crippen LogP contribution in [0.5, 0.6) is 0 Å². The van der Waals surface area contributed by atoms with Crippen LogP contribution in [-0.2, 0) is 0 Å². The predicted octanol–water partition coefficient (Wildman–Crippen LogP) is 3.07. The molecule has 1 nitrogen and oxygen atoms in total. The fraction of sp³-hybridized carbons (Fsp3) is 0.444. The Balaban J connectivity index is 2.84. The zero-order valence-corrected chi connectivity index (χ0v) is 7.61. The van der Waals surface area contributed by atoms with Gasteiger partial charge in [0.1, 0.15) is 5.40 Å². The van der Waals surface area contributed by atoms with Crippen molar-refractivity contribution in [3.63, 3.8) is 0 Å². The largest absolute Gasteiger partial charge is 0.185 e. The molecule has 1 unspecified atom stereocenters. The minimum atomic E-state index is 0.532. The van der Waals surface area contributed by atoms with Gasteiger partial charge in [-0.3, -0.25) is 0 Å². The van der Waals surface area contributed by atoms with Crippen molar-refractivity contribution in [2.24, 2.45) is 5.92 Å². The number of hydrogen-bond donors (Lipinski definition) is 0. The van der Waals surface area contributed by atoms with Gasteiger partial charge in [-0.15, -0.1) is 0 Å². The maximum Gasteiger partial charge on any atom is 0.138 e. The zero-order valence-electron chi connectivity index (χ0n) is 6.79. The van der Waals surface area contributed by atoms with Crippen LogP contribution in [-0.4, -0.2) is 0 Å². The fourth-order valence-corrected chi connectivity index (χ4v) is 1.88. The van der Waals surface area contributed by atoms with Crippen LogP contribution in [0.1, 0.15) is 20.3 Å². The van der Waals surface area contributed by atoms with E-state index in [9.17, 15) is 0 Å². The van der Waals surface area contributed by atoms with E-state index in [2.05, 4.69) is 31.4 Å². The predicted molar refractivity (Wildman–Crippen MR) is 48.8 cm³/mol. The van der Waals surface area contributed by atoms with E-state index in [4.69, 9.17) is 5.26 Å². The quantitative estimate of drug-likeness (QED) is 0.557. The second kappa shape index (κ2) is 3.64. The lowest BCUT2D eigenvalue weighted by atomic mass is 9.98. The lowest BCUT2D eigenvalue weighted by molar-refractivity contribution is 0.717. The molecule has 0 saturated carbocycles. The van der Waals surface area contributed by atoms with Crippen LogP contribution in [0.25, 0.3) is 0 Å². The van der Waals surface area contributed by atoms with E-state index in [0.717, 1.165) is 6.42 Å². The maximum atomic E-state index is 8.51. The molecule has 0 bridgehead atoms. The molecule has 0 amide bonds. The van der Waals surface area contributed by atoms with Crippen molar-refractivity contribution in [2.45, 2.75) is 20.3 Å². The summed E-state index contributed by atoms with van der Waals surface area (Å²) in [6.45, 7) is 4.22. The van der Waals surface area contributed by atoms with Gasteiger partial charge in [0.2, 0.25) is 0 Å². The van der Waals surface area contributed by atoms with Crippen LogP contribution < -0.4 is 0 Å². The van der Waals surface area contributed by atoms with Crippen LogP contribution in [0.2, 0.25) is 0 Å². The minimum Gasteiger partial charge on any atom is -0.185 e. The highest BCUT2D eigenvalue weighted by Crippen LogP contribution is 2.32. The first-order chi connectivity index (χ1) is 5.25. The van der Waals surface area contributed by atoms with Crippen molar-refractivity contribution in [2.75, 3.05) is 0 Å². The van der Waals surface area contributed by atoms with Gasteiger partial charge >= 0.3 is 0 Å². The molecule has 0 aromatic heterocycles. The van der Waals surface area contributed by atoms with Gasteiger partial charge in [-0.2, -0.15) is 5.26 Å². The lowest BCUT2D eigenvalue weighted by Gasteiger charge is -2.16. The Morgan fingerprint density at radius 2 is 2.45 bits per heavy atom. The van der Waals surface area contributed by atoms with Crippen LogP contribution >= 0.6 is 11.8 Å². The molecule has 11 heavy (non-hydrogen) atoms. The number of nitriles is 1. The molecule has 1 rings (SSSR count). The summed E-state index contributed by atoms with van der Waals surface area (Å²) in [7, 11) is 0. The molecular formula is C9H11NS. The summed E-state index contributed by atoms with van der Waals surface area (Å²) in [4.78, 5) is 1.23. The van der Waals surface area contributed by atoms with E-state index >= 15 is 0 Å². The van der Waals surface area contributed by atoms with Gasteiger partial charge < -0.3 is 0 Å². The Hall–Kier alpha value is -0.680. The van der Waals surface area contributed by atoms with Gasteiger partial charge in [0.05, 0.1) is 0 Å². The van der Waals surface area contributed by atoms with Crippen molar-refractivity contribution < 1.29 is 0 Å². The second-order valence-electron chi connectivity index (χ2n) is 2.78. The molecule has 0 aromatic rings. The third kappa shape index (κ3) is 1.87. The average molecular weight is 165 g/mol. The summed E-state index contributed by atoms with van der Waals surface area (Å²) in [6, 6.07) is 0. The van der Waals surface area contributed by atoms with Crippen molar-refractivity contribution in [1.29, 1.82) is 5.26 Å². The van der Waals surface area contributed by atoms with Gasteiger partial charge in [0, 0.05) is 4.91 Å². The smallest absolute Gasteiger partial charge is 0.138 e. The Kier molecular flexibility index (Phi) is 2.78. The Labute approximate surface area is 71.8 Å². The van der Waals surface area contributed by atoms with Crippen LogP contribution in [0.4, 0.5) is 0 Å². The van der Waals surface area contributed by atoms with Crippen molar-refractivity contribution >= 4 is 11.8 Å². The van der Waals surface area contributed by atoms with Crippen molar-refractivity contribution in [3.05, 3.63) is 22.6 Å². The van der Waals surface area contributed by atoms with E-state index < -0.39 is 0 Å². The first-order valence-corrected chi connectivity index (χ1v) is 4.50. The molecule has 0 fully saturated rings. The summed E-state index contributed by atoms with van der Waals surface area (Å²) in [6.07, 6.45) is 5.34. The number of nitrogens with zero attached hydrogens (tertiary/aromatic N) is 1. The van der Waals surface area contributed by atoms with Gasteiger partial charge in [-0.25, -0.2) is 0 Å². The first kappa shape index (κ1) is 8.42. The number of hydrogen-bond acceptors (Lipinski definition) is 2. The zero-order chi connectivity index (χ0) is 8.27. The third-order valence-electron chi connectivity index (χ3n) is 1.85. The molecule has 0 saturated heterocycles. The number of thiocyanates is 1. The van der Waals surface area contributed by atoms with Gasteiger partial charge in [0.15, 0.2) is 0 Å². The maximum absolute atomic E-state index is 8.51. The molecule has 2 heteroatoms. The van der Waals surface area contributed by atoms with Crippen molar-refractivity contribution in [3.8, 4) is 5.40 Å². The van der Waals surface area contributed by atoms with Gasteiger partial charge in [-0.05, 0) is 36.6 Å². The number of rotatable bonds is 1. The Morgan fingerprint density at radius 3 is 3.00 bits per heavy atom. The topological polar surface area (TPSA) is 23.8 Å². The number of thioether (sulfide) groups is 1. The highest BCUT2D eigenvalue weighted by Gasteiger charge is 2.13. The highest BCUT2D eigenvalue weighted by molar-refractivity contribution is 8.07. The van der Waals surface area contributed by atoms with Crippen LogP contribution in [0.3, 0.4) is 0 Å². The Bertz CT molecular complexity index is 245. The molecule has 1 aliphatic rings. The fourth-order valence-electron chi connectivity index (χ4n) is 1.26. The second-order valence-corrected chi connectivity index (χ2v) is 3.61. The summed E-state index contributed by atoms with van der Waals surface area (Å²) >= 11 is 1.30. The third-order valence-corrected chi connectivity index (χ3v) is 2.88. The normalized spacial score (nSPS) is 23.5. The first-order valence-electron chi connectivity index (χ1n) is 3.69. The summed E-state index contributed by atoms with van der Waals surface area (Å²) in [5, 5.41) is 10.6. The SMILES string of the molecule is CC1=C(SC#N)C(C)CC=C1. The van der Waals surface area contributed by atoms with Crippen LogP contribution in [0.15, 0.2) is 22.6 Å². The molecule has 1 aliphatic carbocycles.